The minimum absolute atomic E-state index is 0.113. The number of rotatable bonds is 4. The number of hydrogen-bond acceptors (Lipinski definition) is 2. The van der Waals surface area contributed by atoms with E-state index in [2.05, 4.69) is 22.6 Å². The SMILES string of the molecule is COC(=O)C(CCI)c1ccccc1. The molecule has 14 heavy (non-hydrogen) atoms. The van der Waals surface area contributed by atoms with E-state index in [-0.39, 0.29) is 11.9 Å². The van der Waals surface area contributed by atoms with E-state index in [4.69, 9.17) is 4.74 Å². The summed E-state index contributed by atoms with van der Waals surface area (Å²) in [6.45, 7) is 0. The highest BCUT2D eigenvalue weighted by Gasteiger charge is 2.19. The fourth-order valence-electron chi connectivity index (χ4n) is 1.36. The molecule has 0 aromatic heterocycles. The molecule has 1 aromatic rings. The van der Waals surface area contributed by atoms with Crippen LogP contribution in [0.1, 0.15) is 17.9 Å². The number of carbonyl (C=O) groups is 1. The molecule has 0 spiro atoms. The van der Waals surface area contributed by atoms with Crippen LogP contribution in [0.3, 0.4) is 0 Å². The van der Waals surface area contributed by atoms with Gasteiger partial charge in [-0.3, -0.25) is 4.79 Å². The summed E-state index contributed by atoms with van der Waals surface area (Å²) in [5.74, 6) is -0.258. The molecule has 0 bridgehead atoms. The maximum Gasteiger partial charge on any atom is 0.313 e. The zero-order valence-corrected chi connectivity index (χ0v) is 10.2. The number of hydrogen-bond donors (Lipinski definition) is 0. The number of benzene rings is 1. The zero-order valence-electron chi connectivity index (χ0n) is 8.07. The summed E-state index contributed by atoms with van der Waals surface area (Å²) in [7, 11) is 1.44. The molecule has 1 rings (SSSR count). The van der Waals surface area contributed by atoms with E-state index in [0.29, 0.717) is 0 Å². The first-order chi connectivity index (χ1) is 6.79. The van der Waals surface area contributed by atoms with Crippen LogP contribution in [-0.4, -0.2) is 17.5 Å². The lowest BCUT2D eigenvalue weighted by Crippen LogP contribution is -2.14. The molecule has 1 aromatic carbocycles. The summed E-state index contributed by atoms with van der Waals surface area (Å²) in [4.78, 5) is 11.5. The molecule has 2 nitrogen and oxygen atoms in total. The van der Waals surface area contributed by atoms with Crippen molar-refractivity contribution in [1.29, 1.82) is 0 Å². The highest BCUT2D eigenvalue weighted by atomic mass is 127. The summed E-state index contributed by atoms with van der Waals surface area (Å²) in [5, 5.41) is 0. The Hall–Kier alpha value is -0.580. The number of halogens is 1. The van der Waals surface area contributed by atoms with Gasteiger partial charge in [0.25, 0.3) is 0 Å². The van der Waals surface area contributed by atoms with Crippen molar-refractivity contribution < 1.29 is 9.53 Å². The van der Waals surface area contributed by atoms with Crippen LogP contribution in [0, 0.1) is 0 Å². The van der Waals surface area contributed by atoms with Gasteiger partial charge in [0.2, 0.25) is 0 Å². The molecule has 0 aliphatic heterocycles. The molecule has 0 radical (unpaired) electrons. The standard InChI is InChI=1S/C11H13IO2/c1-14-11(13)10(7-8-12)9-5-3-2-4-6-9/h2-6,10H,7-8H2,1H3. The van der Waals surface area contributed by atoms with E-state index in [0.717, 1.165) is 16.4 Å². The van der Waals surface area contributed by atoms with E-state index >= 15 is 0 Å². The molecular weight excluding hydrogens is 291 g/mol. The third kappa shape index (κ3) is 2.97. The Morgan fingerprint density at radius 3 is 2.57 bits per heavy atom. The lowest BCUT2D eigenvalue weighted by atomic mass is 9.97. The normalized spacial score (nSPS) is 12.1. The van der Waals surface area contributed by atoms with Gasteiger partial charge in [0.05, 0.1) is 13.0 Å². The van der Waals surface area contributed by atoms with Gasteiger partial charge in [0, 0.05) is 4.43 Å². The predicted molar refractivity (Wildman–Crippen MR) is 64.7 cm³/mol. The van der Waals surface area contributed by atoms with Gasteiger partial charge in [0.1, 0.15) is 0 Å². The number of alkyl halides is 1. The Morgan fingerprint density at radius 2 is 2.07 bits per heavy atom. The Morgan fingerprint density at radius 1 is 1.43 bits per heavy atom. The number of ether oxygens (including phenoxy) is 1. The van der Waals surface area contributed by atoms with Crippen molar-refractivity contribution in [3.05, 3.63) is 35.9 Å². The van der Waals surface area contributed by atoms with Crippen LogP contribution in [0.5, 0.6) is 0 Å². The van der Waals surface area contributed by atoms with Crippen molar-refractivity contribution in [1.82, 2.24) is 0 Å². The lowest BCUT2D eigenvalue weighted by Gasteiger charge is -2.13. The van der Waals surface area contributed by atoms with Crippen molar-refractivity contribution >= 4 is 28.6 Å². The van der Waals surface area contributed by atoms with Gasteiger partial charge < -0.3 is 4.74 Å². The average Bonchev–Trinajstić information content (AvgIpc) is 2.26. The van der Waals surface area contributed by atoms with Gasteiger partial charge in [-0.15, -0.1) is 0 Å². The number of methoxy groups -OCH3 is 1. The maximum atomic E-state index is 11.5. The van der Waals surface area contributed by atoms with E-state index < -0.39 is 0 Å². The second-order valence-corrected chi connectivity index (χ2v) is 4.04. The summed E-state index contributed by atoms with van der Waals surface area (Å²) >= 11 is 2.27. The average molecular weight is 304 g/mol. The minimum Gasteiger partial charge on any atom is -0.469 e. The van der Waals surface area contributed by atoms with Crippen molar-refractivity contribution in [2.45, 2.75) is 12.3 Å². The fraction of sp³-hybridized carbons (Fsp3) is 0.364. The monoisotopic (exact) mass is 304 g/mol. The molecule has 0 aliphatic rings. The van der Waals surface area contributed by atoms with E-state index in [1.165, 1.54) is 7.11 Å². The Labute approximate surface area is 97.8 Å². The Kier molecular flexibility index (Phi) is 4.93. The van der Waals surface area contributed by atoms with Gasteiger partial charge in [-0.25, -0.2) is 0 Å². The van der Waals surface area contributed by atoms with Crippen LogP contribution in [0.15, 0.2) is 30.3 Å². The molecule has 0 heterocycles. The summed E-state index contributed by atoms with van der Waals surface area (Å²) < 4.78 is 5.73. The van der Waals surface area contributed by atoms with E-state index in [9.17, 15) is 4.79 Å². The van der Waals surface area contributed by atoms with Gasteiger partial charge in [-0.1, -0.05) is 52.9 Å². The van der Waals surface area contributed by atoms with Crippen molar-refractivity contribution in [2.75, 3.05) is 11.5 Å². The molecule has 76 valence electrons. The largest absolute Gasteiger partial charge is 0.469 e. The highest BCUT2D eigenvalue weighted by Crippen LogP contribution is 2.21. The Balaban J connectivity index is 2.83. The van der Waals surface area contributed by atoms with Gasteiger partial charge in [-0.2, -0.15) is 0 Å². The Bertz CT molecular complexity index is 285. The fourth-order valence-corrected chi connectivity index (χ4v) is 1.98. The van der Waals surface area contributed by atoms with Gasteiger partial charge in [-0.05, 0) is 12.0 Å². The van der Waals surface area contributed by atoms with Crippen LogP contribution in [0.4, 0.5) is 0 Å². The molecule has 0 fully saturated rings. The molecule has 0 amide bonds. The molecule has 0 saturated heterocycles. The minimum atomic E-state index is -0.145. The highest BCUT2D eigenvalue weighted by molar-refractivity contribution is 14.1. The maximum absolute atomic E-state index is 11.5. The van der Waals surface area contributed by atoms with E-state index in [1.807, 2.05) is 30.3 Å². The molecule has 0 saturated carbocycles. The van der Waals surface area contributed by atoms with Crippen LogP contribution >= 0.6 is 22.6 Å². The molecule has 0 N–H and O–H groups in total. The molecule has 1 unspecified atom stereocenters. The summed E-state index contributed by atoms with van der Waals surface area (Å²) in [5.41, 5.74) is 1.04. The second-order valence-electron chi connectivity index (χ2n) is 2.96. The zero-order chi connectivity index (χ0) is 10.4. The lowest BCUT2D eigenvalue weighted by molar-refractivity contribution is -0.142. The quantitative estimate of drug-likeness (QED) is 0.486. The van der Waals surface area contributed by atoms with Gasteiger partial charge >= 0.3 is 5.97 Å². The van der Waals surface area contributed by atoms with Crippen LogP contribution in [0.2, 0.25) is 0 Å². The third-order valence-corrected chi connectivity index (χ3v) is 2.71. The summed E-state index contributed by atoms with van der Waals surface area (Å²) in [6.07, 6.45) is 0.831. The predicted octanol–water partition coefficient (Wildman–Crippen LogP) is 2.77. The topological polar surface area (TPSA) is 26.3 Å². The summed E-state index contributed by atoms with van der Waals surface area (Å²) in [6, 6.07) is 9.76. The smallest absolute Gasteiger partial charge is 0.313 e. The molecular formula is C11H13IO2. The van der Waals surface area contributed by atoms with Crippen LogP contribution in [0.25, 0.3) is 0 Å². The van der Waals surface area contributed by atoms with Crippen molar-refractivity contribution in [3.8, 4) is 0 Å². The third-order valence-electron chi connectivity index (χ3n) is 2.09. The number of esters is 1. The number of carbonyl (C=O) groups excluding carboxylic acids is 1. The second kappa shape index (κ2) is 6.01. The first kappa shape index (κ1) is 11.5. The van der Waals surface area contributed by atoms with Gasteiger partial charge in [0.15, 0.2) is 0 Å². The molecule has 3 heteroatoms. The molecule has 1 atom stereocenters. The van der Waals surface area contributed by atoms with Crippen molar-refractivity contribution in [2.24, 2.45) is 0 Å². The van der Waals surface area contributed by atoms with Crippen LogP contribution in [-0.2, 0) is 9.53 Å². The first-order valence-corrected chi connectivity index (χ1v) is 6.01. The van der Waals surface area contributed by atoms with Crippen molar-refractivity contribution in [3.63, 3.8) is 0 Å². The molecule has 0 aliphatic carbocycles. The first-order valence-electron chi connectivity index (χ1n) is 4.48. The van der Waals surface area contributed by atoms with Crippen LogP contribution < -0.4 is 0 Å². The van der Waals surface area contributed by atoms with E-state index in [1.54, 1.807) is 0 Å².